The number of amides is 2. The zero-order valence-corrected chi connectivity index (χ0v) is 14.0. The Balaban J connectivity index is 1.55. The topological polar surface area (TPSA) is 56.8 Å². The van der Waals surface area contributed by atoms with Crippen LogP contribution in [-0.2, 0) is 0 Å². The van der Waals surface area contributed by atoms with Gasteiger partial charge in [0.2, 0.25) is 0 Å². The molecule has 126 valence electrons. The molecule has 3 rings (SSSR count). The van der Waals surface area contributed by atoms with E-state index < -0.39 is 0 Å². The molecule has 1 aromatic rings. The minimum atomic E-state index is -0.0226. The Morgan fingerprint density at radius 2 is 2.09 bits per heavy atom. The monoisotopic (exact) mass is 318 g/mol. The van der Waals surface area contributed by atoms with Gasteiger partial charge in [-0.3, -0.25) is 4.90 Å². The summed E-state index contributed by atoms with van der Waals surface area (Å²) in [6.07, 6.45) is 1.22. The van der Waals surface area contributed by atoms with E-state index in [0.29, 0.717) is 6.04 Å². The normalized spacial score (nSPS) is 22.2. The van der Waals surface area contributed by atoms with Crippen LogP contribution < -0.4 is 15.4 Å². The fourth-order valence-electron chi connectivity index (χ4n) is 3.30. The average molecular weight is 318 g/mol. The summed E-state index contributed by atoms with van der Waals surface area (Å²) >= 11 is 0. The molecule has 2 saturated heterocycles. The van der Waals surface area contributed by atoms with Gasteiger partial charge in [0, 0.05) is 50.5 Å². The summed E-state index contributed by atoms with van der Waals surface area (Å²) in [6.45, 7) is 7.65. The number of urea groups is 1. The second-order valence-electron chi connectivity index (χ2n) is 6.28. The summed E-state index contributed by atoms with van der Waals surface area (Å²) in [4.78, 5) is 16.9. The second kappa shape index (κ2) is 7.19. The summed E-state index contributed by atoms with van der Waals surface area (Å²) in [5.41, 5.74) is 1.85. The van der Waals surface area contributed by atoms with Gasteiger partial charge in [-0.2, -0.15) is 0 Å². The van der Waals surface area contributed by atoms with Crippen molar-refractivity contribution in [1.29, 1.82) is 0 Å². The highest BCUT2D eigenvalue weighted by molar-refractivity contribution is 5.90. The molecule has 0 aliphatic carbocycles. The van der Waals surface area contributed by atoms with Crippen molar-refractivity contribution in [2.45, 2.75) is 19.4 Å². The Morgan fingerprint density at radius 3 is 2.74 bits per heavy atom. The Kier molecular flexibility index (Phi) is 5.03. The van der Waals surface area contributed by atoms with Crippen LogP contribution in [0.5, 0.6) is 5.75 Å². The molecule has 0 saturated carbocycles. The molecule has 0 unspecified atom stereocenters. The van der Waals surface area contributed by atoms with Crippen LogP contribution in [0.25, 0.3) is 0 Å². The van der Waals surface area contributed by atoms with E-state index in [1.807, 2.05) is 30.0 Å². The van der Waals surface area contributed by atoms with E-state index in [-0.39, 0.29) is 6.03 Å². The average Bonchev–Trinajstić information content (AvgIpc) is 3.11. The molecule has 23 heavy (non-hydrogen) atoms. The number of methoxy groups -OCH3 is 1. The van der Waals surface area contributed by atoms with Crippen LogP contribution in [0.15, 0.2) is 18.2 Å². The number of aryl methyl sites for hydroxylation is 1. The first kappa shape index (κ1) is 16.1. The molecule has 0 bridgehead atoms. The lowest BCUT2D eigenvalue weighted by Gasteiger charge is -2.37. The molecule has 0 spiro atoms. The smallest absolute Gasteiger partial charge is 0.321 e. The maximum atomic E-state index is 12.5. The Labute approximate surface area is 137 Å². The number of ether oxygens (including phenoxy) is 1. The summed E-state index contributed by atoms with van der Waals surface area (Å²) in [5.74, 6) is 0.754. The van der Waals surface area contributed by atoms with E-state index in [1.165, 1.54) is 6.42 Å². The molecule has 0 radical (unpaired) electrons. The third kappa shape index (κ3) is 3.76. The lowest BCUT2D eigenvalue weighted by molar-refractivity contribution is 0.119. The highest BCUT2D eigenvalue weighted by Gasteiger charge is 2.27. The van der Waals surface area contributed by atoms with Crippen LogP contribution in [0.4, 0.5) is 10.5 Å². The Hall–Kier alpha value is -1.79. The highest BCUT2D eigenvalue weighted by Crippen LogP contribution is 2.22. The third-order valence-electron chi connectivity index (χ3n) is 4.84. The van der Waals surface area contributed by atoms with Crippen molar-refractivity contribution >= 4 is 11.7 Å². The summed E-state index contributed by atoms with van der Waals surface area (Å²) < 4.78 is 5.23. The number of nitrogens with zero attached hydrogens (tertiary/aromatic N) is 2. The summed E-state index contributed by atoms with van der Waals surface area (Å²) in [5, 5.41) is 6.42. The van der Waals surface area contributed by atoms with Crippen LogP contribution in [0.1, 0.15) is 12.0 Å². The van der Waals surface area contributed by atoms with Crippen molar-refractivity contribution in [2.24, 2.45) is 0 Å². The van der Waals surface area contributed by atoms with Crippen molar-refractivity contribution in [3.8, 4) is 5.75 Å². The number of hydrogen-bond donors (Lipinski definition) is 2. The number of hydrogen-bond acceptors (Lipinski definition) is 4. The van der Waals surface area contributed by atoms with Gasteiger partial charge >= 0.3 is 6.03 Å². The van der Waals surface area contributed by atoms with Crippen molar-refractivity contribution in [3.63, 3.8) is 0 Å². The Bertz CT molecular complexity index is 550. The van der Waals surface area contributed by atoms with E-state index >= 15 is 0 Å². The molecule has 1 aromatic carbocycles. The van der Waals surface area contributed by atoms with Gasteiger partial charge in [0.15, 0.2) is 0 Å². The lowest BCUT2D eigenvalue weighted by Crippen LogP contribution is -2.53. The van der Waals surface area contributed by atoms with Gasteiger partial charge in [-0.05, 0) is 31.5 Å². The third-order valence-corrected chi connectivity index (χ3v) is 4.84. The molecular weight excluding hydrogens is 292 g/mol. The van der Waals surface area contributed by atoms with Gasteiger partial charge in [0.05, 0.1) is 7.11 Å². The van der Waals surface area contributed by atoms with Gasteiger partial charge in [0.1, 0.15) is 5.75 Å². The first-order chi connectivity index (χ1) is 11.2. The van der Waals surface area contributed by atoms with E-state index in [2.05, 4.69) is 15.5 Å². The van der Waals surface area contributed by atoms with E-state index in [9.17, 15) is 4.79 Å². The highest BCUT2D eigenvalue weighted by atomic mass is 16.5. The number of rotatable bonds is 3. The molecule has 2 amide bonds. The predicted molar refractivity (Wildman–Crippen MR) is 91.2 cm³/mol. The molecular formula is C17H26N4O2. The maximum absolute atomic E-state index is 12.5. The lowest BCUT2D eigenvalue weighted by atomic mass is 10.2. The zero-order chi connectivity index (χ0) is 16.2. The predicted octanol–water partition coefficient (Wildman–Crippen LogP) is 1.52. The molecule has 2 aliphatic rings. The van der Waals surface area contributed by atoms with Gasteiger partial charge in [-0.15, -0.1) is 0 Å². The number of nitrogens with one attached hydrogen (secondary N) is 2. The molecule has 6 heteroatoms. The van der Waals surface area contributed by atoms with Gasteiger partial charge in [-0.1, -0.05) is 6.07 Å². The number of piperazine rings is 1. The summed E-state index contributed by atoms with van der Waals surface area (Å²) in [7, 11) is 1.63. The first-order valence-corrected chi connectivity index (χ1v) is 8.32. The van der Waals surface area contributed by atoms with Crippen LogP contribution in [-0.4, -0.2) is 68.3 Å². The SMILES string of the molecule is COc1ccc(C)c(NC(=O)N2CCN([C@H]3CCNC3)CC2)c1. The first-order valence-electron chi connectivity index (χ1n) is 8.32. The van der Waals surface area contributed by atoms with Crippen molar-refractivity contribution < 1.29 is 9.53 Å². The molecule has 2 fully saturated rings. The molecule has 0 aromatic heterocycles. The largest absolute Gasteiger partial charge is 0.497 e. The number of carbonyl (C=O) groups excluding carboxylic acids is 1. The second-order valence-corrected chi connectivity index (χ2v) is 6.28. The molecule has 1 atom stereocenters. The van der Waals surface area contributed by atoms with Crippen LogP contribution >= 0.6 is 0 Å². The van der Waals surface area contributed by atoms with Gasteiger partial charge in [-0.25, -0.2) is 4.79 Å². The van der Waals surface area contributed by atoms with E-state index in [0.717, 1.165) is 56.3 Å². The van der Waals surface area contributed by atoms with E-state index in [4.69, 9.17) is 4.74 Å². The van der Waals surface area contributed by atoms with Crippen LogP contribution in [0.2, 0.25) is 0 Å². The minimum Gasteiger partial charge on any atom is -0.497 e. The Morgan fingerprint density at radius 1 is 1.30 bits per heavy atom. The van der Waals surface area contributed by atoms with Crippen molar-refractivity contribution in [1.82, 2.24) is 15.1 Å². The zero-order valence-electron chi connectivity index (χ0n) is 14.0. The fraction of sp³-hybridized carbons (Fsp3) is 0.588. The molecule has 6 nitrogen and oxygen atoms in total. The van der Waals surface area contributed by atoms with Crippen LogP contribution in [0.3, 0.4) is 0 Å². The van der Waals surface area contributed by atoms with Crippen LogP contribution in [0, 0.1) is 6.92 Å². The minimum absolute atomic E-state index is 0.0226. The number of carbonyl (C=O) groups is 1. The number of anilines is 1. The van der Waals surface area contributed by atoms with Crippen molar-refractivity contribution in [2.75, 3.05) is 51.7 Å². The molecule has 2 heterocycles. The standard InChI is InChI=1S/C17H26N4O2/c1-13-3-4-15(23-2)11-16(13)19-17(22)21-9-7-20(8-10-21)14-5-6-18-12-14/h3-4,11,14,18H,5-10,12H2,1-2H3,(H,19,22)/t14-/m0/s1. The summed E-state index contributed by atoms with van der Waals surface area (Å²) in [6, 6.07) is 6.35. The van der Waals surface area contributed by atoms with Gasteiger partial charge in [0.25, 0.3) is 0 Å². The van der Waals surface area contributed by atoms with Gasteiger partial charge < -0.3 is 20.3 Å². The van der Waals surface area contributed by atoms with Crippen molar-refractivity contribution in [3.05, 3.63) is 23.8 Å². The maximum Gasteiger partial charge on any atom is 0.321 e. The molecule has 2 N–H and O–H groups in total. The quantitative estimate of drug-likeness (QED) is 0.887. The molecule has 2 aliphatic heterocycles. The number of benzene rings is 1. The fourth-order valence-corrected chi connectivity index (χ4v) is 3.30. The van der Waals surface area contributed by atoms with E-state index in [1.54, 1.807) is 7.11 Å².